The van der Waals surface area contributed by atoms with Crippen molar-refractivity contribution in [3.8, 4) is 5.75 Å². The van der Waals surface area contributed by atoms with Crippen LogP contribution in [-0.4, -0.2) is 17.3 Å². The van der Waals surface area contributed by atoms with Gasteiger partial charge in [0, 0.05) is 11.8 Å². The molecule has 1 spiro atoms. The Morgan fingerprint density at radius 3 is 2.48 bits per heavy atom. The molecule has 0 amide bonds. The van der Waals surface area contributed by atoms with Crippen molar-refractivity contribution in [2.75, 3.05) is 0 Å². The van der Waals surface area contributed by atoms with Gasteiger partial charge in [0.25, 0.3) is 0 Å². The SMILES string of the molecule is CC(C)(C)c1cccc(OC2CC(O)C23CCCCC3)c1. The predicted octanol–water partition coefficient (Wildman–Crippen LogP) is 4.45. The van der Waals surface area contributed by atoms with Crippen molar-refractivity contribution in [2.45, 2.75) is 76.9 Å². The minimum atomic E-state index is -0.159. The Morgan fingerprint density at radius 1 is 1.14 bits per heavy atom. The van der Waals surface area contributed by atoms with Gasteiger partial charge in [-0.2, -0.15) is 0 Å². The molecule has 1 aromatic carbocycles. The molecule has 2 aliphatic rings. The highest BCUT2D eigenvalue weighted by Crippen LogP contribution is 2.53. The van der Waals surface area contributed by atoms with Crippen LogP contribution in [-0.2, 0) is 5.41 Å². The average Bonchev–Trinajstić information content (AvgIpc) is 2.47. The molecule has 1 aromatic rings. The van der Waals surface area contributed by atoms with Gasteiger partial charge in [-0.1, -0.05) is 52.2 Å². The first-order valence-corrected chi connectivity index (χ1v) is 8.37. The minimum absolute atomic E-state index is 0.0377. The zero-order valence-corrected chi connectivity index (χ0v) is 13.6. The zero-order chi connectivity index (χ0) is 15.1. The molecule has 21 heavy (non-hydrogen) atoms. The standard InChI is InChI=1S/C19H28O2/c1-18(2,3)14-8-7-9-15(12-14)21-17-13-16(20)19(17)10-5-4-6-11-19/h7-9,12,16-17,20H,4-6,10-11,13H2,1-3H3. The average molecular weight is 288 g/mol. The number of ether oxygens (including phenoxy) is 1. The van der Waals surface area contributed by atoms with Gasteiger partial charge in [-0.25, -0.2) is 0 Å². The van der Waals surface area contributed by atoms with E-state index in [4.69, 9.17) is 4.74 Å². The third-order valence-electron chi connectivity index (χ3n) is 5.51. The molecule has 1 N–H and O–H groups in total. The maximum atomic E-state index is 10.3. The fourth-order valence-electron chi connectivity index (χ4n) is 3.96. The number of rotatable bonds is 2. The van der Waals surface area contributed by atoms with Gasteiger partial charge in [-0.15, -0.1) is 0 Å². The van der Waals surface area contributed by atoms with E-state index in [-0.39, 0.29) is 23.0 Å². The van der Waals surface area contributed by atoms with Gasteiger partial charge in [0.2, 0.25) is 0 Å². The third kappa shape index (κ3) is 2.70. The summed E-state index contributed by atoms with van der Waals surface area (Å²) >= 11 is 0. The summed E-state index contributed by atoms with van der Waals surface area (Å²) in [5.41, 5.74) is 1.48. The summed E-state index contributed by atoms with van der Waals surface area (Å²) in [5.74, 6) is 0.962. The minimum Gasteiger partial charge on any atom is -0.490 e. The first kappa shape index (κ1) is 14.9. The van der Waals surface area contributed by atoms with Gasteiger partial charge in [-0.05, 0) is 36.0 Å². The van der Waals surface area contributed by atoms with E-state index >= 15 is 0 Å². The smallest absolute Gasteiger partial charge is 0.120 e. The maximum Gasteiger partial charge on any atom is 0.120 e. The van der Waals surface area contributed by atoms with Crippen LogP contribution in [0.15, 0.2) is 24.3 Å². The van der Waals surface area contributed by atoms with Crippen molar-refractivity contribution in [1.82, 2.24) is 0 Å². The molecular formula is C19H28O2. The summed E-state index contributed by atoms with van der Waals surface area (Å²) in [6.45, 7) is 6.67. The summed E-state index contributed by atoms with van der Waals surface area (Å²) in [5, 5.41) is 10.3. The lowest BCUT2D eigenvalue weighted by molar-refractivity contribution is -0.172. The molecule has 3 rings (SSSR count). The number of benzene rings is 1. The molecule has 0 aliphatic heterocycles. The van der Waals surface area contributed by atoms with E-state index in [2.05, 4.69) is 45.0 Å². The molecule has 0 heterocycles. The van der Waals surface area contributed by atoms with Crippen LogP contribution in [0.1, 0.15) is 64.9 Å². The number of hydrogen-bond donors (Lipinski definition) is 1. The molecule has 0 radical (unpaired) electrons. The van der Waals surface area contributed by atoms with E-state index in [1.54, 1.807) is 0 Å². The fourth-order valence-corrected chi connectivity index (χ4v) is 3.96. The van der Waals surface area contributed by atoms with Crippen LogP contribution in [0.5, 0.6) is 5.75 Å². The van der Waals surface area contributed by atoms with Crippen molar-refractivity contribution in [2.24, 2.45) is 5.41 Å². The van der Waals surface area contributed by atoms with Gasteiger partial charge in [0.15, 0.2) is 0 Å². The number of aliphatic hydroxyl groups is 1. The van der Waals surface area contributed by atoms with E-state index in [9.17, 15) is 5.11 Å². The van der Waals surface area contributed by atoms with Crippen molar-refractivity contribution >= 4 is 0 Å². The lowest BCUT2D eigenvalue weighted by atomic mass is 9.56. The molecule has 116 valence electrons. The van der Waals surface area contributed by atoms with Gasteiger partial charge in [0.05, 0.1) is 6.10 Å². The Bertz CT molecular complexity index is 495. The topological polar surface area (TPSA) is 29.5 Å². The van der Waals surface area contributed by atoms with E-state index < -0.39 is 0 Å². The van der Waals surface area contributed by atoms with Crippen LogP contribution in [0, 0.1) is 5.41 Å². The van der Waals surface area contributed by atoms with Gasteiger partial charge < -0.3 is 9.84 Å². The van der Waals surface area contributed by atoms with E-state index in [0.29, 0.717) is 0 Å². The molecule has 2 aliphatic carbocycles. The molecule has 2 fully saturated rings. The van der Waals surface area contributed by atoms with Crippen LogP contribution in [0.3, 0.4) is 0 Å². The first-order chi connectivity index (χ1) is 9.92. The summed E-state index contributed by atoms with van der Waals surface area (Å²) in [6.07, 6.45) is 6.85. The van der Waals surface area contributed by atoms with Crippen molar-refractivity contribution < 1.29 is 9.84 Å². The summed E-state index contributed by atoms with van der Waals surface area (Å²) < 4.78 is 6.29. The zero-order valence-electron chi connectivity index (χ0n) is 13.6. The summed E-state index contributed by atoms with van der Waals surface area (Å²) in [6, 6.07) is 8.47. The molecular weight excluding hydrogens is 260 g/mol. The Labute approximate surface area is 128 Å². The van der Waals surface area contributed by atoms with E-state index in [1.165, 1.54) is 24.8 Å². The van der Waals surface area contributed by atoms with Crippen molar-refractivity contribution in [3.63, 3.8) is 0 Å². The van der Waals surface area contributed by atoms with Crippen molar-refractivity contribution in [1.29, 1.82) is 0 Å². The highest BCUT2D eigenvalue weighted by Gasteiger charge is 2.56. The molecule has 2 heteroatoms. The van der Waals surface area contributed by atoms with Gasteiger partial charge in [-0.3, -0.25) is 0 Å². The quantitative estimate of drug-likeness (QED) is 0.871. The Balaban J connectivity index is 1.75. The summed E-state index contributed by atoms with van der Waals surface area (Å²) in [7, 11) is 0. The highest BCUT2D eigenvalue weighted by atomic mass is 16.5. The molecule has 2 unspecified atom stereocenters. The normalized spacial score (nSPS) is 28.2. The highest BCUT2D eigenvalue weighted by molar-refractivity contribution is 5.33. The third-order valence-corrected chi connectivity index (χ3v) is 5.51. The van der Waals surface area contributed by atoms with Crippen molar-refractivity contribution in [3.05, 3.63) is 29.8 Å². The van der Waals surface area contributed by atoms with E-state index in [0.717, 1.165) is 25.0 Å². The molecule has 0 aromatic heterocycles. The lowest BCUT2D eigenvalue weighted by Gasteiger charge is -2.55. The monoisotopic (exact) mass is 288 g/mol. The van der Waals surface area contributed by atoms with Crippen LogP contribution < -0.4 is 4.74 Å². The van der Waals surface area contributed by atoms with Gasteiger partial charge >= 0.3 is 0 Å². The Hall–Kier alpha value is -1.02. The second-order valence-corrected chi connectivity index (χ2v) is 7.93. The van der Waals surface area contributed by atoms with Crippen LogP contribution in [0.4, 0.5) is 0 Å². The van der Waals surface area contributed by atoms with Crippen LogP contribution in [0.25, 0.3) is 0 Å². The fraction of sp³-hybridized carbons (Fsp3) is 0.684. The van der Waals surface area contributed by atoms with E-state index in [1.807, 2.05) is 0 Å². The second-order valence-electron chi connectivity index (χ2n) is 7.93. The predicted molar refractivity (Wildman–Crippen MR) is 85.7 cm³/mol. The lowest BCUT2D eigenvalue weighted by Crippen LogP contribution is -2.60. The molecule has 0 saturated heterocycles. The molecule has 0 bridgehead atoms. The number of aliphatic hydroxyl groups excluding tert-OH is 1. The molecule has 2 nitrogen and oxygen atoms in total. The first-order valence-electron chi connectivity index (χ1n) is 8.37. The maximum absolute atomic E-state index is 10.3. The Kier molecular flexibility index (Phi) is 3.77. The second kappa shape index (κ2) is 5.31. The van der Waals surface area contributed by atoms with Crippen LogP contribution in [0.2, 0.25) is 0 Å². The summed E-state index contributed by atoms with van der Waals surface area (Å²) in [4.78, 5) is 0. The number of hydrogen-bond acceptors (Lipinski definition) is 2. The molecule has 2 saturated carbocycles. The molecule has 2 atom stereocenters. The van der Waals surface area contributed by atoms with Crippen LogP contribution >= 0.6 is 0 Å². The van der Waals surface area contributed by atoms with Gasteiger partial charge in [0.1, 0.15) is 11.9 Å². The Morgan fingerprint density at radius 2 is 1.86 bits per heavy atom. The largest absolute Gasteiger partial charge is 0.490 e.